The summed E-state index contributed by atoms with van der Waals surface area (Å²) in [5.74, 6) is 0. The first-order chi connectivity index (χ1) is 10.3. The zero-order chi connectivity index (χ0) is 14.7. The quantitative estimate of drug-likeness (QED) is 0.927. The van der Waals surface area contributed by atoms with E-state index in [9.17, 15) is 0 Å². The van der Waals surface area contributed by atoms with E-state index in [1.165, 1.54) is 35.3 Å². The van der Waals surface area contributed by atoms with Crippen molar-refractivity contribution in [1.29, 1.82) is 0 Å². The van der Waals surface area contributed by atoms with Crippen molar-refractivity contribution in [3.63, 3.8) is 0 Å². The largest absolute Gasteiger partial charge is 0.341 e. The number of para-hydroxylation sites is 1. The van der Waals surface area contributed by atoms with Gasteiger partial charge in [-0.3, -0.25) is 4.98 Å². The molecule has 3 heteroatoms. The number of anilines is 2. The van der Waals surface area contributed by atoms with Crippen LogP contribution in [0.4, 0.5) is 11.4 Å². The SMILES string of the molecule is CC(C)NCc1cnccc1N1CCCc2ccccc21. The molecule has 0 amide bonds. The zero-order valence-electron chi connectivity index (χ0n) is 12.8. The average molecular weight is 281 g/mol. The first-order valence-electron chi connectivity index (χ1n) is 7.77. The average Bonchev–Trinajstić information content (AvgIpc) is 2.53. The Kier molecular flexibility index (Phi) is 4.20. The summed E-state index contributed by atoms with van der Waals surface area (Å²) in [4.78, 5) is 6.75. The van der Waals surface area contributed by atoms with Crippen molar-refractivity contribution >= 4 is 11.4 Å². The van der Waals surface area contributed by atoms with E-state index < -0.39 is 0 Å². The maximum atomic E-state index is 4.31. The third-order valence-electron chi connectivity index (χ3n) is 3.98. The Labute approximate surface area is 127 Å². The molecule has 1 N–H and O–H groups in total. The second-order valence-corrected chi connectivity index (χ2v) is 5.92. The van der Waals surface area contributed by atoms with Gasteiger partial charge in [-0.1, -0.05) is 32.0 Å². The van der Waals surface area contributed by atoms with Crippen molar-refractivity contribution in [2.24, 2.45) is 0 Å². The minimum absolute atomic E-state index is 0.478. The van der Waals surface area contributed by atoms with Crippen LogP contribution in [0.15, 0.2) is 42.7 Å². The normalized spacial score (nSPS) is 14.3. The van der Waals surface area contributed by atoms with Gasteiger partial charge < -0.3 is 10.2 Å². The highest BCUT2D eigenvalue weighted by Gasteiger charge is 2.19. The molecule has 110 valence electrons. The van der Waals surface area contributed by atoms with E-state index in [4.69, 9.17) is 0 Å². The van der Waals surface area contributed by atoms with Crippen LogP contribution < -0.4 is 10.2 Å². The van der Waals surface area contributed by atoms with Gasteiger partial charge in [-0.15, -0.1) is 0 Å². The first kappa shape index (κ1) is 14.1. The lowest BCUT2D eigenvalue weighted by Crippen LogP contribution is -2.27. The fourth-order valence-electron chi connectivity index (χ4n) is 2.92. The lowest BCUT2D eigenvalue weighted by Gasteiger charge is -2.32. The van der Waals surface area contributed by atoms with Gasteiger partial charge in [0.2, 0.25) is 0 Å². The van der Waals surface area contributed by atoms with Crippen LogP contribution in [0.2, 0.25) is 0 Å². The van der Waals surface area contributed by atoms with Crippen molar-refractivity contribution in [3.8, 4) is 0 Å². The van der Waals surface area contributed by atoms with Crippen molar-refractivity contribution in [3.05, 3.63) is 53.9 Å². The maximum absolute atomic E-state index is 4.31. The predicted octanol–water partition coefficient (Wildman–Crippen LogP) is 3.66. The van der Waals surface area contributed by atoms with Gasteiger partial charge in [0.15, 0.2) is 0 Å². The maximum Gasteiger partial charge on any atom is 0.0487 e. The molecule has 3 rings (SSSR count). The Morgan fingerprint density at radius 2 is 2.05 bits per heavy atom. The van der Waals surface area contributed by atoms with Gasteiger partial charge in [-0.25, -0.2) is 0 Å². The summed E-state index contributed by atoms with van der Waals surface area (Å²) in [5, 5.41) is 3.50. The third kappa shape index (κ3) is 3.08. The molecule has 0 aliphatic carbocycles. The summed E-state index contributed by atoms with van der Waals surface area (Å²) in [6.45, 7) is 6.29. The van der Waals surface area contributed by atoms with E-state index >= 15 is 0 Å². The molecule has 0 spiro atoms. The fraction of sp³-hybridized carbons (Fsp3) is 0.389. The molecule has 0 saturated heterocycles. The fourth-order valence-corrected chi connectivity index (χ4v) is 2.92. The minimum Gasteiger partial charge on any atom is -0.341 e. The molecule has 1 aliphatic rings. The molecular formula is C18H23N3. The van der Waals surface area contributed by atoms with Crippen LogP contribution in [0, 0.1) is 0 Å². The van der Waals surface area contributed by atoms with Crippen molar-refractivity contribution < 1.29 is 0 Å². The Hall–Kier alpha value is -1.87. The molecule has 0 atom stereocenters. The summed E-state index contributed by atoms with van der Waals surface area (Å²) in [7, 11) is 0. The highest BCUT2D eigenvalue weighted by Crippen LogP contribution is 2.34. The van der Waals surface area contributed by atoms with Crippen molar-refractivity contribution in [2.45, 2.75) is 39.3 Å². The number of pyridine rings is 1. The topological polar surface area (TPSA) is 28.2 Å². The number of benzene rings is 1. The smallest absolute Gasteiger partial charge is 0.0487 e. The molecule has 1 aromatic heterocycles. The van der Waals surface area contributed by atoms with E-state index in [0.29, 0.717) is 6.04 Å². The highest BCUT2D eigenvalue weighted by atomic mass is 15.1. The van der Waals surface area contributed by atoms with Gasteiger partial charge in [-0.2, -0.15) is 0 Å². The summed E-state index contributed by atoms with van der Waals surface area (Å²) in [6.07, 6.45) is 6.26. The van der Waals surface area contributed by atoms with Crippen LogP contribution in [-0.4, -0.2) is 17.6 Å². The molecule has 0 bridgehead atoms. The lowest BCUT2D eigenvalue weighted by molar-refractivity contribution is 0.587. The Balaban J connectivity index is 1.94. The van der Waals surface area contributed by atoms with Crippen molar-refractivity contribution in [1.82, 2.24) is 10.3 Å². The summed E-state index contributed by atoms with van der Waals surface area (Å²) in [5.41, 5.74) is 5.34. The summed E-state index contributed by atoms with van der Waals surface area (Å²) >= 11 is 0. The predicted molar refractivity (Wildman–Crippen MR) is 88.0 cm³/mol. The molecule has 0 fully saturated rings. The van der Waals surface area contributed by atoms with Gasteiger partial charge in [0.05, 0.1) is 0 Å². The number of aryl methyl sites for hydroxylation is 1. The molecular weight excluding hydrogens is 258 g/mol. The van der Waals surface area contributed by atoms with Crippen LogP contribution in [0.3, 0.4) is 0 Å². The number of fused-ring (bicyclic) bond motifs is 1. The van der Waals surface area contributed by atoms with E-state index in [2.05, 4.69) is 59.4 Å². The summed E-state index contributed by atoms with van der Waals surface area (Å²) < 4.78 is 0. The number of hydrogen-bond donors (Lipinski definition) is 1. The molecule has 1 aliphatic heterocycles. The number of rotatable bonds is 4. The zero-order valence-corrected chi connectivity index (χ0v) is 12.8. The molecule has 0 saturated carbocycles. The molecule has 0 radical (unpaired) electrons. The van der Waals surface area contributed by atoms with Crippen LogP contribution >= 0.6 is 0 Å². The van der Waals surface area contributed by atoms with E-state index in [1.807, 2.05) is 12.4 Å². The lowest BCUT2D eigenvalue weighted by atomic mass is 10.0. The van der Waals surface area contributed by atoms with Gasteiger partial charge in [0.1, 0.15) is 0 Å². The van der Waals surface area contributed by atoms with Gasteiger partial charge in [0, 0.05) is 48.5 Å². The van der Waals surface area contributed by atoms with Crippen molar-refractivity contribution in [2.75, 3.05) is 11.4 Å². The molecule has 21 heavy (non-hydrogen) atoms. The third-order valence-corrected chi connectivity index (χ3v) is 3.98. The van der Waals surface area contributed by atoms with E-state index in [-0.39, 0.29) is 0 Å². The second kappa shape index (κ2) is 6.27. The number of nitrogens with zero attached hydrogens (tertiary/aromatic N) is 2. The molecule has 0 unspecified atom stereocenters. The standard InChI is InChI=1S/C18H23N3/c1-14(2)20-13-16-12-19-10-9-18(16)21-11-5-7-15-6-3-4-8-17(15)21/h3-4,6,8-10,12,14,20H,5,7,11,13H2,1-2H3. The molecule has 2 heterocycles. The van der Waals surface area contributed by atoms with E-state index in [1.54, 1.807) is 0 Å². The van der Waals surface area contributed by atoms with Gasteiger partial charge in [0.25, 0.3) is 0 Å². The second-order valence-electron chi connectivity index (χ2n) is 5.92. The minimum atomic E-state index is 0.478. The number of aromatic nitrogens is 1. The van der Waals surface area contributed by atoms with Crippen LogP contribution in [0.1, 0.15) is 31.4 Å². The Morgan fingerprint density at radius 3 is 2.90 bits per heavy atom. The Morgan fingerprint density at radius 1 is 1.19 bits per heavy atom. The van der Waals surface area contributed by atoms with Crippen LogP contribution in [0.25, 0.3) is 0 Å². The monoisotopic (exact) mass is 281 g/mol. The van der Waals surface area contributed by atoms with E-state index in [0.717, 1.165) is 13.1 Å². The highest BCUT2D eigenvalue weighted by molar-refractivity contribution is 5.69. The first-order valence-corrected chi connectivity index (χ1v) is 7.77. The molecule has 2 aromatic rings. The van der Waals surface area contributed by atoms with Gasteiger partial charge >= 0.3 is 0 Å². The van der Waals surface area contributed by atoms with Crippen LogP contribution in [0.5, 0.6) is 0 Å². The van der Waals surface area contributed by atoms with Crippen LogP contribution in [-0.2, 0) is 13.0 Å². The number of nitrogens with one attached hydrogen (secondary N) is 1. The molecule has 1 aromatic carbocycles. The number of hydrogen-bond acceptors (Lipinski definition) is 3. The van der Waals surface area contributed by atoms with Gasteiger partial charge in [-0.05, 0) is 30.5 Å². The summed E-state index contributed by atoms with van der Waals surface area (Å²) in [6, 6.07) is 11.4. The molecule has 3 nitrogen and oxygen atoms in total. The Bertz CT molecular complexity index is 607.